The first kappa shape index (κ1) is 14.9. The molecule has 4 rings (SSSR count). The molecule has 3 aromatic rings. The fourth-order valence-electron chi connectivity index (χ4n) is 3.72. The zero-order valence-corrected chi connectivity index (χ0v) is 13.6. The fourth-order valence-corrected chi connectivity index (χ4v) is 3.72. The molecule has 0 saturated carbocycles. The summed E-state index contributed by atoms with van der Waals surface area (Å²) in [4.78, 5) is 14.9. The van der Waals surface area contributed by atoms with Crippen molar-refractivity contribution in [2.24, 2.45) is 0 Å². The van der Waals surface area contributed by atoms with Crippen molar-refractivity contribution >= 4 is 16.9 Å². The Morgan fingerprint density at radius 2 is 2.25 bits per heavy atom. The standard InChI is InChI=1S/C18H18FN3O2/c1-10-16(11(2)21-20-10)15-4-3-6-22(15)18(23)14-9-13(19)8-12-5-7-24-17(12)14/h5,7-9,15H,3-4,6H2,1-2H3,(H,20,21). The molecule has 0 radical (unpaired) electrons. The summed E-state index contributed by atoms with van der Waals surface area (Å²) in [6, 6.07) is 4.27. The van der Waals surface area contributed by atoms with Gasteiger partial charge in [-0.25, -0.2) is 4.39 Å². The maximum absolute atomic E-state index is 13.9. The van der Waals surface area contributed by atoms with Gasteiger partial charge in [-0.15, -0.1) is 0 Å². The Balaban J connectivity index is 1.77. The smallest absolute Gasteiger partial charge is 0.258 e. The molecule has 5 nitrogen and oxygen atoms in total. The van der Waals surface area contributed by atoms with E-state index in [4.69, 9.17) is 4.42 Å². The monoisotopic (exact) mass is 327 g/mol. The molecule has 1 aromatic carbocycles. The van der Waals surface area contributed by atoms with Crippen LogP contribution in [0.4, 0.5) is 4.39 Å². The van der Waals surface area contributed by atoms with Crippen molar-refractivity contribution in [3.05, 3.63) is 52.8 Å². The summed E-state index contributed by atoms with van der Waals surface area (Å²) in [5, 5.41) is 7.82. The van der Waals surface area contributed by atoms with Gasteiger partial charge in [0.05, 0.1) is 23.6 Å². The second-order valence-corrected chi connectivity index (χ2v) is 6.30. The Bertz CT molecular complexity index is 908. The number of hydrogen-bond donors (Lipinski definition) is 1. The highest BCUT2D eigenvalue weighted by atomic mass is 19.1. The molecule has 1 fully saturated rings. The van der Waals surface area contributed by atoms with E-state index in [1.807, 2.05) is 18.7 Å². The number of furan rings is 1. The summed E-state index contributed by atoms with van der Waals surface area (Å²) in [5.74, 6) is -0.629. The van der Waals surface area contributed by atoms with Crippen LogP contribution < -0.4 is 0 Å². The highest BCUT2D eigenvalue weighted by Gasteiger charge is 2.34. The summed E-state index contributed by atoms with van der Waals surface area (Å²) < 4.78 is 19.3. The molecule has 1 saturated heterocycles. The van der Waals surface area contributed by atoms with Crippen LogP contribution >= 0.6 is 0 Å². The van der Waals surface area contributed by atoms with Crippen molar-refractivity contribution in [3.8, 4) is 0 Å². The molecular formula is C18H18FN3O2. The predicted molar refractivity (Wildman–Crippen MR) is 87.2 cm³/mol. The van der Waals surface area contributed by atoms with Gasteiger partial charge in [-0.2, -0.15) is 5.10 Å². The van der Waals surface area contributed by atoms with E-state index in [0.717, 1.165) is 29.8 Å². The number of H-pyrrole nitrogens is 1. The van der Waals surface area contributed by atoms with Crippen LogP contribution in [-0.2, 0) is 0 Å². The maximum Gasteiger partial charge on any atom is 0.258 e. The summed E-state index contributed by atoms with van der Waals surface area (Å²) in [5.41, 5.74) is 3.65. The number of nitrogens with zero attached hydrogens (tertiary/aromatic N) is 2. The van der Waals surface area contributed by atoms with Crippen LogP contribution in [0, 0.1) is 19.7 Å². The predicted octanol–water partition coefficient (Wildman–Crippen LogP) is 3.89. The highest BCUT2D eigenvalue weighted by molar-refractivity contribution is 6.05. The van der Waals surface area contributed by atoms with Gasteiger partial charge in [0.2, 0.25) is 0 Å². The van der Waals surface area contributed by atoms with E-state index in [2.05, 4.69) is 10.2 Å². The third-order valence-corrected chi connectivity index (χ3v) is 4.78. The largest absolute Gasteiger partial charge is 0.464 e. The first-order chi connectivity index (χ1) is 11.6. The third-order valence-electron chi connectivity index (χ3n) is 4.78. The Morgan fingerprint density at radius 1 is 1.42 bits per heavy atom. The zero-order chi connectivity index (χ0) is 16.8. The highest BCUT2D eigenvalue weighted by Crippen LogP contribution is 2.36. The molecule has 6 heteroatoms. The van der Waals surface area contributed by atoms with E-state index >= 15 is 0 Å². The van der Waals surface area contributed by atoms with Crippen molar-refractivity contribution in [3.63, 3.8) is 0 Å². The number of hydrogen-bond acceptors (Lipinski definition) is 3. The summed E-state index contributed by atoms with van der Waals surface area (Å²) in [7, 11) is 0. The number of carbonyl (C=O) groups is 1. The molecular weight excluding hydrogens is 309 g/mol. The van der Waals surface area contributed by atoms with E-state index in [1.165, 1.54) is 18.4 Å². The number of benzene rings is 1. The van der Waals surface area contributed by atoms with Gasteiger partial charge >= 0.3 is 0 Å². The number of aromatic amines is 1. The molecule has 1 atom stereocenters. The number of fused-ring (bicyclic) bond motifs is 1. The topological polar surface area (TPSA) is 62.1 Å². The minimum atomic E-state index is -0.432. The molecule has 2 aromatic heterocycles. The number of nitrogens with one attached hydrogen (secondary N) is 1. The first-order valence-electron chi connectivity index (χ1n) is 8.05. The molecule has 1 amide bonds. The van der Waals surface area contributed by atoms with E-state index in [0.29, 0.717) is 17.5 Å². The molecule has 1 aliphatic heterocycles. The molecule has 24 heavy (non-hydrogen) atoms. The van der Waals surface area contributed by atoms with Crippen molar-refractivity contribution in [2.45, 2.75) is 32.7 Å². The van der Waals surface area contributed by atoms with Crippen LogP contribution in [0.2, 0.25) is 0 Å². The lowest BCUT2D eigenvalue weighted by Gasteiger charge is -2.25. The SMILES string of the molecule is Cc1n[nH]c(C)c1C1CCCN1C(=O)c1cc(F)cc2ccoc12. The van der Waals surface area contributed by atoms with Gasteiger partial charge < -0.3 is 9.32 Å². The number of rotatable bonds is 2. The van der Waals surface area contributed by atoms with Gasteiger partial charge in [0.1, 0.15) is 11.4 Å². The minimum absolute atomic E-state index is 0.0375. The Hall–Kier alpha value is -2.63. The van der Waals surface area contributed by atoms with E-state index in [-0.39, 0.29) is 17.5 Å². The number of carbonyl (C=O) groups excluding carboxylic acids is 1. The van der Waals surface area contributed by atoms with Crippen LogP contribution in [0.3, 0.4) is 0 Å². The van der Waals surface area contributed by atoms with E-state index < -0.39 is 5.82 Å². The van der Waals surface area contributed by atoms with Crippen LogP contribution in [0.5, 0.6) is 0 Å². The van der Waals surface area contributed by atoms with Crippen LogP contribution in [0.1, 0.15) is 46.2 Å². The lowest BCUT2D eigenvalue weighted by Crippen LogP contribution is -2.31. The minimum Gasteiger partial charge on any atom is -0.464 e. The fraction of sp³-hybridized carbons (Fsp3) is 0.333. The van der Waals surface area contributed by atoms with Crippen LogP contribution in [0.15, 0.2) is 28.9 Å². The summed E-state index contributed by atoms with van der Waals surface area (Å²) in [6.07, 6.45) is 3.27. The normalized spacial score (nSPS) is 17.8. The van der Waals surface area contributed by atoms with E-state index in [9.17, 15) is 9.18 Å². The molecule has 0 aliphatic carbocycles. The molecule has 0 spiro atoms. The average Bonchev–Trinajstić information content (AvgIpc) is 3.26. The van der Waals surface area contributed by atoms with Crippen molar-refractivity contribution in [2.75, 3.05) is 6.54 Å². The van der Waals surface area contributed by atoms with Gasteiger partial charge in [-0.1, -0.05) is 0 Å². The Kier molecular flexibility index (Phi) is 3.40. The van der Waals surface area contributed by atoms with Crippen LogP contribution in [0.25, 0.3) is 11.0 Å². The molecule has 1 N–H and O–H groups in total. The third kappa shape index (κ3) is 2.21. The molecule has 0 bridgehead atoms. The first-order valence-corrected chi connectivity index (χ1v) is 8.05. The van der Waals surface area contributed by atoms with E-state index in [1.54, 1.807) is 6.07 Å². The van der Waals surface area contributed by atoms with Crippen molar-refractivity contribution in [1.82, 2.24) is 15.1 Å². The number of halogens is 1. The average molecular weight is 327 g/mol. The lowest BCUT2D eigenvalue weighted by molar-refractivity contribution is 0.0735. The number of amides is 1. The summed E-state index contributed by atoms with van der Waals surface area (Å²) in [6.45, 7) is 4.54. The number of aromatic nitrogens is 2. The van der Waals surface area contributed by atoms with Crippen molar-refractivity contribution in [1.29, 1.82) is 0 Å². The Morgan fingerprint density at radius 3 is 3.00 bits per heavy atom. The molecule has 1 unspecified atom stereocenters. The van der Waals surface area contributed by atoms with Crippen LogP contribution in [-0.4, -0.2) is 27.5 Å². The molecule has 1 aliphatic rings. The van der Waals surface area contributed by atoms with Gasteiger partial charge in [-0.05, 0) is 44.9 Å². The van der Waals surface area contributed by atoms with Gasteiger partial charge in [0.15, 0.2) is 0 Å². The molecule has 3 heterocycles. The second kappa shape index (κ2) is 5.47. The van der Waals surface area contributed by atoms with Crippen molar-refractivity contribution < 1.29 is 13.6 Å². The van der Waals surface area contributed by atoms with Gasteiger partial charge in [-0.3, -0.25) is 9.89 Å². The number of aryl methyl sites for hydroxylation is 2. The van der Waals surface area contributed by atoms with Gasteiger partial charge in [0, 0.05) is 23.2 Å². The Labute approximate surface area is 138 Å². The lowest BCUT2D eigenvalue weighted by atomic mass is 10.0. The summed E-state index contributed by atoms with van der Waals surface area (Å²) >= 11 is 0. The maximum atomic E-state index is 13.9. The molecule has 124 valence electrons. The van der Waals surface area contributed by atoms with Gasteiger partial charge in [0.25, 0.3) is 5.91 Å². The second-order valence-electron chi connectivity index (χ2n) is 6.30. The number of likely N-dealkylation sites (tertiary alicyclic amines) is 1. The quantitative estimate of drug-likeness (QED) is 0.777. The zero-order valence-electron chi connectivity index (χ0n) is 13.6.